The van der Waals surface area contributed by atoms with Gasteiger partial charge in [-0.15, -0.1) is 0 Å². The Hall–Kier alpha value is -0.140. The molecule has 1 aromatic rings. The summed E-state index contributed by atoms with van der Waals surface area (Å²) in [5.41, 5.74) is 4.00. The predicted octanol–water partition coefficient (Wildman–Crippen LogP) is 2.01. The van der Waals surface area contributed by atoms with Gasteiger partial charge >= 0.3 is 0 Å². The second kappa shape index (κ2) is 7.04. The Labute approximate surface area is 126 Å². The number of hydrogen-bond acceptors (Lipinski definition) is 4. The highest BCUT2D eigenvalue weighted by atomic mass is 79.9. The zero-order chi connectivity index (χ0) is 13.8. The third-order valence-corrected chi connectivity index (χ3v) is 5.22. The van der Waals surface area contributed by atoms with Crippen LogP contribution in [-0.2, 0) is 6.42 Å². The average Bonchev–Trinajstić information content (AvgIpc) is 2.41. The van der Waals surface area contributed by atoms with E-state index in [9.17, 15) is 4.39 Å². The van der Waals surface area contributed by atoms with Gasteiger partial charge in [0.15, 0.2) is 0 Å². The van der Waals surface area contributed by atoms with Crippen LogP contribution in [0.3, 0.4) is 0 Å². The Balaban J connectivity index is 2.07. The van der Waals surface area contributed by atoms with Crippen LogP contribution in [0.2, 0.25) is 0 Å². The maximum Gasteiger partial charge on any atom is 0.137 e. The normalized spacial score (nSPS) is 22.4. The molecule has 2 unspecified atom stereocenters. The number of likely N-dealkylation sites (N-methyl/N-ethyl adjacent to an activating group) is 1. The predicted molar refractivity (Wildman–Crippen MR) is 82.7 cm³/mol. The topological polar surface area (TPSA) is 41.3 Å². The summed E-state index contributed by atoms with van der Waals surface area (Å²) < 4.78 is 13.7. The molecule has 106 valence electrons. The van der Waals surface area contributed by atoms with Gasteiger partial charge in [0.05, 0.1) is 4.47 Å². The van der Waals surface area contributed by atoms with Crippen LogP contribution in [0.15, 0.2) is 22.7 Å². The zero-order valence-corrected chi connectivity index (χ0v) is 13.3. The number of benzene rings is 1. The number of nitrogens with one attached hydrogen (secondary N) is 1. The van der Waals surface area contributed by atoms with E-state index in [1.165, 1.54) is 11.8 Å². The Morgan fingerprint density at radius 3 is 3.05 bits per heavy atom. The van der Waals surface area contributed by atoms with Crippen molar-refractivity contribution in [3.63, 3.8) is 0 Å². The van der Waals surface area contributed by atoms with Gasteiger partial charge in [-0.25, -0.2) is 4.39 Å². The van der Waals surface area contributed by atoms with E-state index in [2.05, 4.69) is 33.3 Å². The number of thioether (sulfide) groups is 1. The number of hydrazine groups is 1. The van der Waals surface area contributed by atoms with Gasteiger partial charge in [-0.3, -0.25) is 11.3 Å². The molecule has 0 aromatic heterocycles. The number of hydrogen-bond donors (Lipinski definition) is 2. The van der Waals surface area contributed by atoms with Gasteiger partial charge in [-0.1, -0.05) is 6.07 Å². The fraction of sp³-hybridized carbons (Fsp3) is 0.538. The molecule has 1 saturated heterocycles. The second-order valence-corrected chi connectivity index (χ2v) is 6.85. The van der Waals surface area contributed by atoms with E-state index in [0.29, 0.717) is 10.5 Å². The number of nitrogens with two attached hydrogens (primary N) is 1. The molecule has 1 aliphatic rings. The summed E-state index contributed by atoms with van der Waals surface area (Å²) in [5, 5.41) is 0. The average molecular weight is 348 g/mol. The molecule has 0 bridgehead atoms. The first-order valence-corrected chi connectivity index (χ1v) is 8.24. The Morgan fingerprint density at radius 2 is 2.42 bits per heavy atom. The summed E-state index contributed by atoms with van der Waals surface area (Å²) in [4.78, 5) is 2.35. The highest BCUT2D eigenvalue weighted by molar-refractivity contribution is 9.10. The van der Waals surface area contributed by atoms with Crippen molar-refractivity contribution in [2.45, 2.75) is 18.5 Å². The van der Waals surface area contributed by atoms with Gasteiger partial charge in [-0.2, -0.15) is 11.8 Å². The molecule has 1 fully saturated rings. The lowest BCUT2D eigenvalue weighted by molar-refractivity contribution is 0.214. The van der Waals surface area contributed by atoms with E-state index >= 15 is 0 Å². The highest BCUT2D eigenvalue weighted by Gasteiger charge is 2.27. The summed E-state index contributed by atoms with van der Waals surface area (Å²) in [7, 11) is 2.13. The molecule has 3 nitrogen and oxygen atoms in total. The van der Waals surface area contributed by atoms with Gasteiger partial charge in [0.2, 0.25) is 0 Å². The van der Waals surface area contributed by atoms with Crippen molar-refractivity contribution in [3.8, 4) is 0 Å². The van der Waals surface area contributed by atoms with E-state index in [0.717, 1.165) is 24.3 Å². The molecule has 0 aliphatic carbocycles. The second-order valence-electron chi connectivity index (χ2n) is 4.85. The smallest absolute Gasteiger partial charge is 0.137 e. The minimum Gasteiger partial charge on any atom is -0.300 e. The fourth-order valence-corrected chi connectivity index (χ4v) is 4.09. The van der Waals surface area contributed by atoms with E-state index in [-0.39, 0.29) is 11.9 Å². The van der Waals surface area contributed by atoms with E-state index < -0.39 is 0 Å². The quantitative estimate of drug-likeness (QED) is 0.645. The standard InChI is InChI=1S/C13H19BrFN3S/c1-18-4-5-19-8-13(18)12(17-16)7-9-2-3-11(15)10(14)6-9/h2-3,6,12-13,17H,4-5,7-8,16H2,1H3. The molecule has 6 heteroatoms. The maximum absolute atomic E-state index is 13.2. The third-order valence-electron chi connectivity index (χ3n) is 3.56. The first-order valence-electron chi connectivity index (χ1n) is 6.30. The van der Waals surface area contributed by atoms with Crippen molar-refractivity contribution in [3.05, 3.63) is 34.1 Å². The molecule has 2 atom stereocenters. The maximum atomic E-state index is 13.2. The van der Waals surface area contributed by atoms with Crippen molar-refractivity contribution in [1.29, 1.82) is 0 Å². The lowest BCUT2D eigenvalue weighted by Crippen LogP contribution is -2.55. The van der Waals surface area contributed by atoms with Crippen LogP contribution >= 0.6 is 27.7 Å². The lowest BCUT2D eigenvalue weighted by Gasteiger charge is -2.37. The number of halogens is 2. The van der Waals surface area contributed by atoms with Crippen LogP contribution in [0.4, 0.5) is 4.39 Å². The van der Waals surface area contributed by atoms with Gasteiger partial charge in [0.25, 0.3) is 0 Å². The van der Waals surface area contributed by atoms with Gasteiger partial charge in [0, 0.05) is 30.1 Å². The van der Waals surface area contributed by atoms with E-state index in [1.54, 1.807) is 0 Å². The Morgan fingerprint density at radius 1 is 1.63 bits per heavy atom. The summed E-state index contributed by atoms with van der Waals surface area (Å²) in [6.45, 7) is 1.08. The Kier molecular flexibility index (Phi) is 5.65. The summed E-state index contributed by atoms with van der Waals surface area (Å²) in [6.07, 6.45) is 0.797. The first kappa shape index (κ1) is 15.3. The van der Waals surface area contributed by atoms with Gasteiger partial charge < -0.3 is 4.90 Å². The minimum atomic E-state index is -0.230. The van der Waals surface area contributed by atoms with Crippen LogP contribution < -0.4 is 11.3 Å². The molecule has 1 aliphatic heterocycles. The molecule has 1 heterocycles. The summed E-state index contributed by atoms with van der Waals surface area (Å²) in [5.74, 6) is 7.73. The van der Waals surface area contributed by atoms with Crippen LogP contribution in [0.25, 0.3) is 0 Å². The molecule has 0 amide bonds. The number of rotatable bonds is 4. The zero-order valence-electron chi connectivity index (χ0n) is 10.9. The Bertz CT molecular complexity index is 432. The molecule has 3 N–H and O–H groups in total. The first-order chi connectivity index (χ1) is 9.11. The van der Waals surface area contributed by atoms with Crippen LogP contribution in [-0.4, -0.2) is 42.1 Å². The van der Waals surface area contributed by atoms with Crippen molar-refractivity contribution < 1.29 is 4.39 Å². The van der Waals surface area contributed by atoms with Crippen LogP contribution in [0.5, 0.6) is 0 Å². The lowest BCUT2D eigenvalue weighted by atomic mass is 10.00. The van der Waals surface area contributed by atoms with Gasteiger partial charge in [-0.05, 0) is 47.1 Å². The molecular formula is C13H19BrFN3S. The molecular weight excluding hydrogens is 329 g/mol. The molecule has 0 radical (unpaired) electrons. The minimum absolute atomic E-state index is 0.176. The summed E-state index contributed by atoms with van der Waals surface area (Å²) >= 11 is 5.18. The fourth-order valence-electron chi connectivity index (χ4n) is 2.36. The number of nitrogens with zero attached hydrogens (tertiary/aromatic N) is 1. The summed E-state index contributed by atoms with van der Waals surface area (Å²) in [6, 6.07) is 5.73. The monoisotopic (exact) mass is 347 g/mol. The molecule has 1 aromatic carbocycles. The molecule has 19 heavy (non-hydrogen) atoms. The molecule has 0 saturated carbocycles. The van der Waals surface area contributed by atoms with E-state index in [4.69, 9.17) is 5.84 Å². The van der Waals surface area contributed by atoms with E-state index in [1.807, 2.05) is 23.9 Å². The highest BCUT2D eigenvalue weighted by Crippen LogP contribution is 2.22. The molecule has 0 spiro atoms. The third kappa shape index (κ3) is 3.92. The van der Waals surface area contributed by atoms with Crippen molar-refractivity contribution >= 4 is 27.7 Å². The largest absolute Gasteiger partial charge is 0.300 e. The van der Waals surface area contributed by atoms with Crippen molar-refractivity contribution in [2.24, 2.45) is 5.84 Å². The van der Waals surface area contributed by atoms with Crippen LogP contribution in [0.1, 0.15) is 5.56 Å². The SMILES string of the molecule is CN1CCSCC1C(Cc1ccc(F)c(Br)c1)NN. The van der Waals surface area contributed by atoms with Gasteiger partial charge in [0.1, 0.15) is 5.82 Å². The molecule has 2 rings (SSSR count). The van der Waals surface area contributed by atoms with Crippen molar-refractivity contribution in [2.75, 3.05) is 25.1 Å². The van der Waals surface area contributed by atoms with Crippen molar-refractivity contribution in [1.82, 2.24) is 10.3 Å². The van der Waals surface area contributed by atoms with Crippen LogP contribution in [0, 0.1) is 5.82 Å².